The monoisotopic (exact) mass is 503 g/mol. The third kappa shape index (κ3) is 5.90. The third-order valence-electron chi connectivity index (χ3n) is 4.93. The molecular weight excluding hydrogens is 485 g/mol. The van der Waals surface area contributed by atoms with Crippen LogP contribution in [0.3, 0.4) is 0 Å². The molecule has 3 rings (SSSR count). The van der Waals surface area contributed by atoms with E-state index in [0.717, 1.165) is 10.6 Å². The van der Waals surface area contributed by atoms with Gasteiger partial charge in [0.1, 0.15) is 18.9 Å². The number of ether oxygens (including phenoxy) is 3. The first-order valence-electron chi connectivity index (χ1n) is 9.64. The molecule has 33 heavy (non-hydrogen) atoms. The Labute approximate surface area is 195 Å². The molecule has 0 unspecified atom stereocenters. The Hall–Kier alpha value is -2.93. The minimum atomic E-state index is -1.08. The Kier molecular flexibility index (Phi) is 7.74. The number of aryl methyl sites for hydroxylation is 1. The van der Waals surface area contributed by atoms with E-state index in [1.165, 1.54) is 19.2 Å². The normalized spacial score (nSPS) is 19.9. The van der Waals surface area contributed by atoms with Gasteiger partial charge in [-0.05, 0) is 13.0 Å². The van der Waals surface area contributed by atoms with E-state index in [-0.39, 0.29) is 52.9 Å². The zero-order chi connectivity index (χ0) is 24.3. The molecule has 0 spiro atoms. The fraction of sp³-hybridized carbons (Fsp3) is 0.421. The smallest absolute Gasteiger partial charge is 0.434 e. The summed E-state index contributed by atoms with van der Waals surface area (Å²) in [5.74, 6) is 0. The zero-order valence-corrected chi connectivity index (χ0v) is 18.7. The van der Waals surface area contributed by atoms with Crippen LogP contribution in [0.5, 0.6) is 0 Å². The van der Waals surface area contributed by atoms with Crippen molar-refractivity contribution in [2.24, 2.45) is 0 Å². The summed E-state index contributed by atoms with van der Waals surface area (Å²) in [5, 5.41) is 21.5. The Morgan fingerprint density at radius 3 is 2.79 bits per heavy atom. The molecule has 3 atom stereocenters. The summed E-state index contributed by atoms with van der Waals surface area (Å²) < 4.78 is 16.6. The van der Waals surface area contributed by atoms with Crippen LogP contribution in [-0.2, 0) is 20.6 Å². The fourth-order valence-electron chi connectivity index (χ4n) is 3.26. The van der Waals surface area contributed by atoms with E-state index in [1.54, 1.807) is 0 Å². The first-order chi connectivity index (χ1) is 15.6. The molecule has 1 saturated heterocycles. The molecule has 1 aromatic carbocycles. The number of nitro groups is 1. The highest BCUT2D eigenvalue weighted by Gasteiger charge is 2.36. The summed E-state index contributed by atoms with van der Waals surface area (Å²) in [6.07, 6.45) is -2.63. The number of rotatable bonds is 7. The molecule has 12 nitrogen and oxygen atoms in total. The number of H-pyrrole nitrogens is 1. The standard InChI is InChI=1S/C19H19Cl2N3O9/c1-9-7-23(18(27)22-17(9)26)16-6-14(25)15(33-16)8-32-19(28)31-3-2-11-12(21)4-10(20)5-13(11)24(29)30/h4-5,7,14-16,25H,2-3,6,8H2,1H3,(H,22,26,27)/t14-,15+,16+/m0/s1. The van der Waals surface area contributed by atoms with Crippen molar-refractivity contribution in [2.75, 3.05) is 13.2 Å². The van der Waals surface area contributed by atoms with E-state index < -0.39 is 40.8 Å². The Balaban J connectivity index is 1.52. The number of aliphatic hydroxyl groups excluding tert-OH is 1. The average molecular weight is 504 g/mol. The number of carbonyl (C=O) groups is 1. The van der Waals surface area contributed by atoms with Crippen LogP contribution in [0.2, 0.25) is 10.0 Å². The summed E-state index contributed by atoms with van der Waals surface area (Å²) in [6, 6.07) is 2.49. The largest absolute Gasteiger partial charge is 0.508 e. The van der Waals surface area contributed by atoms with E-state index in [2.05, 4.69) is 4.98 Å². The second kappa shape index (κ2) is 10.3. The second-order valence-corrected chi connectivity index (χ2v) is 8.06. The molecule has 1 aromatic heterocycles. The van der Waals surface area contributed by atoms with Crippen molar-refractivity contribution >= 4 is 35.0 Å². The SMILES string of the molecule is Cc1cn([C@H]2C[C@H](O)[C@@H](COC(=O)OCCc3c(Cl)cc(Cl)cc3[N+](=O)[O-])O2)c(=O)[nH]c1=O. The molecule has 0 amide bonds. The molecule has 178 valence electrons. The summed E-state index contributed by atoms with van der Waals surface area (Å²) >= 11 is 11.8. The number of nitrogens with one attached hydrogen (secondary N) is 1. The number of halogens is 2. The lowest BCUT2D eigenvalue weighted by Gasteiger charge is -2.16. The van der Waals surface area contributed by atoms with Crippen molar-refractivity contribution in [2.45, 2.75) is 38.2 Å². The van der Waals surface area contributed by atoms with Gasteiger partial charge in [0.15, 0.2) is 0 Å². The highest BCUT2D eigenvalue weighted by atomic mass is 35.5. The highest BCUT2D eigenvalue weighted by Crippen LogP contribution is 2.31. The van der Waals surface area contributed by atoms with Crippen LogP contribution in [0.1, 0.15) is 23.8 Å². The number of aliphatic hydroxyl groups is 1. The van der Waals surface area contributed by atoms with E-state index >= 15 is 0 Å². The molecule has 1 fully saturated rings. The first-order valence-corrected chi connectivity index (χ1v) is 10.4. The van der Waals surface area contributed by atoms with Crippen LogP contribution in [0.25, 0.3) is 0 Å². The van der Waals surface area contributed by atoms with Gasteiger partial charge < -0.3 is 19.3 Å². The molecule has 0 radical (unpaired) electrons. The predicted octanol–water partition coefficient (Wildman–Crippen LogP) is 2.10. The van der Waals surface area contributed by atoms with Gasteiger partial charge in [-0.25, -0.2) is 9.59 Å². The third-order valence-corrected chi connectivity index (χ3v) is 5.49. The molecule has 2 N–H and O–H groups in total. The van der Waals surface area contributed by atoms with Gasteiger partial charge in [0.05, 0.1) is 28.2 Å². The zero-order valence-electron chi connectivity index (χ0n) is 17.2. The summed E-state index contributed by atoms with van der Waals surface area (Å²) in [5.41, 5.74) is -1.08. The van der Waals surface area contributed by atoms with E-state index in [1.807, 2.05) is 0 Å². The van der Waals surface area contributed by atoms with Gasteiger partial charge in [0.25, 0.3) is 11.2 Å². The number of hydrogen-bond donors (Lipinski definition) is 2. The van der Waals surface area contributed by atoms with Gasteiger partial charge >= 0.3 is 11.8 Å². The number of nitrogens with zero attached hydrogens (tertiary/aromatic N) is 2. The molecule has 1 aliphatic rings. The molecule has 0 aliphatic carbocycles. The number of carbonyl (C=O) groups excluding carboxylic acids is 1. The van der Waals surface area contributed by atoms with Crippen molar-refractivity contribution in [3.05, 3.63) is 70.5 Å². The lowest BCUT2D eigenvalue weighted by Crippen LogP contribution is -2.33. The Morgan fingerprint density at radius 1 is 1.36 bits per heavy atom. The van der Waals surface area contributed by atoms with Crippen LogP contribution in [0.4, 0.5) is 10.5 Å². The van der Waals surface area contributed by atoms with Gasteiger partial charge in [-0.1, -0.05) is 23.2 Å². The lowest BCUT2D eigenvalue weighted by atomic mass is 10.1. The van der Waals surface area contributed by atoms with E-state index in [4.69, 9.17) is 37.4 Å². The molecule has 2 aromatic rings. The number of aromatic nitrogens is 2. The first kappa shape index (κ1) is 24.7. The number of aromatic amines is 1. The Morgan fingerprint density at radius 2 is 2.09 bits per heavy atom. The van der Waals surface area contributed by atoms with Crippen molar-refractivity contribution in [3.8, 4) is 0 Å². The van der Waals surface area contributed by atoms with E-state index in [9.17, 15) is 29.6 Å². The summed E-state index contributed by atoms with van der Waals surface area (Å²) in [6.45, 7) is 0.891. The van der Waals surface area contributed by atoms with Crippen molar-refractivity contribution in [1.82, 2.24) is 9.55 Å². The summed E-state index contributed by atoms with van der Waals surface area (Å²) in [7, 11) is 0. The second-order valence-electron chi connectivity index (χ2n) is 7.21. The van der Waals surface area contributed by atoms with Gasteiger partial charge in [0, 0.05) is 35.7 Å². The van der Waals surface area contributed by atoms with Gasteiger partial charge in [-0.15, -0.1) is 0 Å². The van der Waals surface area contributed by atoms with Crippen molar-refractivity contribution < 1.29 is 29.0 Å². The van der Waals surface area contributed by atoms with Crippen LogP contribution >= 0.6 is 23.2 Å². The van der Waals surface area contributed by atoms with Gasteiger partial charge in [-0.3, -0.25) is 24.5 Å². The maximum absolute atomic E-state index is 12.0. The van der Waals surface area contributed by atoms with Crippen LogP contribution in [-0.4, -0.2) is 51.2 Å². The number of benzene rings is 1. The van der Waals surface area contributed by atoms with Crippen LogP contribution < -0.4 is 11.2 Å². The number of hydrogen-bond acceptors (Lipinski definition) is 9. The van der Waals surface area contributed by atoms with Crippen molar-refractivity contribution in [1.29, 1.82) is 0 Å². The van der Waals surface area contributed by atoms with Crippen LogP contribution in [0, 0.1) is 17.0 Å². The quantitative estimate of drug-likeness (QED) is 0.327. The molecule has 0 saturated carbocycles. The number of nitro benzene ring substituents is 1. The molecular formula is C19H19Cl2N3O9. The molecule has 1 aliphatic heterocycles. The maximum Gasteiger partial charge on any atom is 0.508 e. The minimum absolute atomic E-state index is 0.0349. The minimum Gasteiger partial charge on any atom is -0.434 e. The predicted molar refractivity (Wildman–Crippen MR) is 115 cm³/mol. The molecule has 0 bridgehead atoms. The lowest BCUT2D eigenvalue weighted by molar-refractivity contribution is -0.385. The molecule has 2 heterocycles. The maximum atomic E-state index is 12.0. The summed E-state index contributed by atoms with van der Waals surface area (Å²) in [4.78, 5) is 48.0. The van der Waals surface area contributed by atoms with Crippen LogP contribution in [0.15, 0.2) is 27.9 Å². The van der Waals surface area contributed by atoms with Gasteiger partial charge in [-0.2, -0.15) is 0 Å². The Bertz CT molecular complexity index is 1180. The molecule has 14 heteroatoms. The van der Waals surface area contributed by atoms with E-state index in [0.29, 0.717) is 0 Å². The highest BCUT2D eigenvalue weighted by molar-refractivity contribution is 6.35. The fourth-order valence-corrected chi connectivity index (χ4v) is 3.84. The van der Waals surface area contributed by atoms with Crippen molar-refractivity contribution in [3.63, 3.8) is 0 Å². The topological polar surface area (TPSA) is 163 Å². The van der Waals surface area contributed by atoms with Gasteiger partial charge in [0.2, 0.25) is 0 Å². The average Bonchev–Trinajstić information content (AvgIpc) is 3.10.